The Morgan fingerprint density at radius 3 is 2.86 bits per heavy atom. The predicted molar refractivity (Wildman–Crippen MR) is 93.0 cm³/mol. The van der Waals surface area contributed by atoms with Crippen LogP contribution in [0.25, 0.3) is 0 Å². The van der Waals surface area contributed by atoms with Crippen LogP contribution in [-0.4, -0.2) is 43.9 Å². The van der Waals surface area contributed by atoms with Crippen LogP contribution in [0.5, 0.6) is 0 Å². The molecule has 1 aliphatic rings. The smallest absolute Gasteiger partial charge is 0.236 e. The van der Waals surface area contributed by atoms with Crippen LogP contribution in [0.2, 0.25) is 0 Å². The Hall–Kier alpha value is -0.970. The minimum atomic E-state index is 0.100. The lowest BCUT2D eigenvalue weighted by molar-refractivity contribution is -0.134. The van der Waals surface area contributed by atoms with Gasteiger partial charge in [0.2, 0.25) is 5.91 Å². The van der Waals surface area contributed by atoms with Crippen LogP contribution in [0.4, 0.5) is 0 Å². The standard InChI is InChI=1S/C17H29N3OS/c1-14(2)16(17(21)20-10-5-4-7-15(20)3)22-12-6-9-19-11-8-18-13-19/h8,11,13-16H,4-7,9-10,12H2,1-3H3. The first kappa shape index (κ1) is 17.4. The monoisotopic (exact) mass is 323 g/mol. The van der Waals surface area contributed by atoms with Crippen molar-refractivity contribution < 1.29 is 4.79 Å². The summed E-state index contributed by atoms with van der Waals surface area (Å²) in [5, 5.41) is 0.100. The number of hydrogen-bond donors (Lipinski definition) is 0. The third kappa shape index (κ3) is 4.77. The minimum absolute atomic E-state index is 0.100. The summed E-state index contributed by atoms with van der Waals surface area (Å²) in [4.78, 5) is 19.0. The summed E-state index contributed by atoms with van der Waals surface area (Å²) in [6, 6.07) is 0.411. The second kappa shape index (κ2) is 8.61. The molecule has 1 amide bonds. The van der Waals surface area contributed by atoms with E-state index < -0.39 is 0 Å². The number of thioether (sulfide) groups is 1. The van der Waals surface area contributed by atoms with Crippen molar-refractivity contribution in [3.8, 4) is 0 Å². The molecule has 2 heterocycles. The third-order valence-electron chi connectivity index (χ3n) is 4.35. The van der Waals surface area contributed by atoms with Gasteiger partial charge in [-0.1, -0.05) is 13.8 Å². The lowest BCUT2D eigenvalue weighted by Gasteiger charge is -2.36. The highest BCUT2D eigenvalue weighted by Crippen LogP contribution is 2.26. The summed E-state index contributed by atoms with van der Waals surface area (Å²) in [5.41, 5.74) is 0. The first-order valence-electron chi connectivity index (χ1n) is 8.47. The van der Waals surface area contributed by atoms with Crippen molar-refractivity contribution in [2.45, 2.75) is 64.3 Å². The summed E-state index contributed by atoms with van der Waals surface area (Å²) < 4.78 is 2.10. The fraction of sp³-hybridized carbons (Fsp3) is 0.765. The van der Waals surface area contributed by atoms with Crippen molar-refractivity contribution in [2.24, 2.45) is 5.92 Å². The molecule has 0 aromatic carbocycles. The number of carbonyl (C=O) groups excluding carboxylic acids is 1. The zero-order chi connectivity index (χ0) is 15.9. The number of hydrogen-bond acceptors (Lipinski definition) is 3. The number of carbonyl (C=O) groups is 1. The Morgan fingerprint density at radius 2 is 2.23 bits per heavy atom. The number of likely N-dealkylation sites (tertiary alicyclic amines) is 1. The van der Waals surface area contributed by atoms with E-state index in [-0.39, 0.29) is 5.25 Å². The Kier molecular flexibility index (Phi) is 6.80. The highest BCUT2D eigenvalue weighted by atomic mass is 32.2. The van der Waals surface area contributed by atoms with Crippen molar-refractivity contribution >= 4 is 17.7 Å². The van der Waals surface area contributed by atoms with Crippen LogP contribution in [0, 0.1) is 5.92 Å². The number of amides is 1. The zero-order valence-electron chi connectivity index (χ0n) is 14.1. The molecule has 1 aromatic rings. The summed E-state index contributed by atoms with van der Waals surface area (Å²) in [7, 11) is 0. The fourth-order valence-electron chi connectivity index (χ4n) is 3.01. The molecular weight excluding hydrogens is 294 g/mol. The molecule has 4 nitrogen and oxygen atoms in total. The number of aromatic nitrogens is 2. The van der Waals surface area contributed by atoms with E-state index in [4.69, 9.17) is 0 Å². The van der Waals surface area contributed by atoms with Gasteiger partial charge in [-0.05, 0) is 44.3 Å². The van der Waals surface area contributed by atoms with Gasteiger partial charge in [0.05, 0.1) is 11.6 Å². The molecule has 5 heteroatoms. The molecule has 1 fully saturated rings. The van der Waals surface area contributed by atoms with Gasteiger partial charge in [0, 0.05) is 31.5 Å². The second-order valence-electron chi connectivity index (χ2n) is 6.57. The molecule has 0 aliphatic carbocycles. The Bertz CT molecular complexity index is 447. The first-order valence-corrected chi connectivity index (χ1v) is 9.52. The van der Waals surface area contributed by atoms with Gasteiger partial charge in [0.25, 0.3) is 0 Å². The third-order valence-corrected chi connectivity index (χ3v) is 5.98. The number of imidazole rings is 1. The van der Waals surface area contributed by atoms with Crippen LogP contribution in [0.3, 0.4) is 0 Å². The Morgan fingerprint density at radius 1 is 1.41 bits per heavy atom. The van der Waals surface area contributed by atoms with E-state index >= 15 is 0 Å². The summed E-state index contributed by atoms with van der Waals surface area (Å²) >= 11 is 1.83. The molecule has 2 rings (SSSR count). The predicted octanol–water partition coefficient (Wildman–Crippen LogP) is 3.43. The normalized spacial score (nSPS) is 20.4. The molecule has 1 saturated heterocycles. The van der Waals surface area contributed by atoms with Gasteiger partial charge in [-0.15, -0.1) is 11.8 Å². The molecule has 1 aliphatic heterocycles. The van der Waals surface area contributed by atoms with E-state index in [0.717, 1.165) is 38.1 Å². The van der Waals surface area contributed by atoms with Crippen LogP contribution in [0.15, 0.2) is 18.7 Å². The highest BCUT2D eigenvalue weighted by molar-refractivity contribution is 8.00. The minimum Gasteiger partial charge on any atom is -0.339 e. The molecule has 0 radical (unpaired) electrons. The van der Waals surface area contributed by atoms with Crippen LogP contribution >= 0.6 is 11.8 Å². The van der Waals surface area contributed by atoms with E-state index in [2.05, 4.69) is 35.2 Å². The van der Waals surface area contributed by atoms with Gasteiger partial charge in [-0.2, -0.15) is 0 Å². The van der Waals surface area contributed by atoms with Crippen molar-refractivity contribution in [2.75, 3.05) is 12.3 Å². The number of aryl methyl sites for hydroxylation is 1. The van der Waals surface area contributed by atoms with Gasteiger partial charge >= 0.3 is 0 Å². The largest absolute Gasteiger partial charge is 0.339 e. The highest BCUT2D eigenvalue weighted by Gasteiger charge is 2.31. The summed E-state index contributed by atoms with van der Waals surface area (Å²) in [5.74, 6) is 1.77. The maximum absolute atomic E-state index is 12.9. The SMILES string of the molecule is CC(C)C(SCCCn1ccnc1)C(=O)N1CCCCC1C. The average Bonchev–Trinajstić information content (AvgIpc) is 3.00. The maximum atomic E-state index is 12.9. The molecule has 1 aromatic heterocycles. The number of rotatable bonds is 7. The fourth-order valence-corrected chi connectivity index (χ4v) is 4.23. The van der Waals surface area contributed by atoms with Crippen LogP contribution < -0.4 is 0 Å². The number of piperidine rings is 1. The van der Waals surface area contributed by atoms with Gasteiger partial charge in [0.15, 0.2) is 0 Å². The van der Waals surface area contributed by atoms with Crippen molar-refractivity contribution in [1.82, 2.24) is 14.5 Å². The first-order chi connectivity index (χ1) is 10.6. The average molecular weight is 324 g/mol. The van der Waals surface area contributed by atoms with Crippen LogP contribution in [0.1, 0.15) is 46.5 Å². The quantitative estimate of drug-likeness (QED) is 0.722. The molecule has 0 N–H and O–H groups in total. The molecule has 22 heavy (non-hydrogen) atoms. The lowest BCUT2D eigenvalue weighted by atomic mass is 10.0. The van der Waals surface area contributed by atoms with Crippen LogP contribution in [-0.2, 0) is 11.3 Å². The molecule has 0 saturated carbocycles. The van der Waals surface area contributed by atoms with E-state index in [9.17, 15) is 4.79 Å². The zero-order valence-corrected chi connectivity index (χ0v) is 14.9. The summed E-state index contributed by atoms with van der Waals surface area (Å²) in [6.07, 6.45) is 10.3. The van der Waals surface area contributed by atoms with Crippen molar-refractivity contribution in [3.63, 3.8) is 0 Å². The van der Waals surface area contributed by atoms with Crippen molar-refractivity contribution in [1.29, 1.82) is 0 Å². The molecule has 0 spiro atoms. The van der Waals surface area contributed by atoms with Gasteiger partial charge in [-0.3, -0.25) is 4.79 Å². The van der Waals surface area contributed by atoms with Gasteiger partial charge in [0.1, 0.15) is 0 Å². The van der Waals surface area contributed by atoms with Gasteiger partial charge in [-0.25, -0.2) is 4.98 Å². The van der Waals surface area contributed by atoms with E-state index in [1.54, 1.807) is 0 Å². The molecule has 0 bridgehead atoms. The maximum Gasteiger partial charge on any atom is 0.236 e. The second-order valence-corrected chi connectivity index (χ2v) is 7.82. The summed E-state index contributed by atoms with van der Waals surface area (Å²) in [6.45, 7) is 8.45. The molecule has 2 atom stereocenters. The van der Waals surface area contributed by atoms with Gasteiger partial charge < -0.3 is 9.47 Å². The van der Waals surface area contributed by atoms with E-state index in [1.165, 1.54) is 6.42 Å². The van der Waals surface area contributed by atoms with E-state index in [1.807, 2.05) is 30.5 Å². The van der Waals surface area contributed by atoms with E-state index in [0.29, 0.717) is 17.9 Å². The lowest BCUT2D eigenvalue weighted by Crippen LogP contribution is -2.47. The van der Waals surface area contributed by atoms with Crippen molar-refractivity contribution in [3.05, 3.63) is 18.7 Å². The Labute approximate surface area is 138 Å². The number of nitrogens with zero attached hydrogens (tertiary/aromatic N) is 3. The Balaban J connectivity index is 1.82. The molecule has 2 unspecified atom stereocenters. The molecule has 124 valence electrons. The topological polar surface area (TPSA) is 38.1 Å². The molecular formula is C17H29N3OS.